The summed E-state index contributed by atoms with van der Waals surface area (Å²) in [5, 5.41) is 2.88. The van der Waals surface area contributed by atoms with Crippen LogP contribution in [-0.2, 0) is 0 Å². The molecule has 0 unspecified atom stereocenters. The molecule has 1 saturated carbocycles. The molecule has 0 spiro atoms. The minimum absolute atomic E-state index is 0.155. The van der Waals surface area contributed by atoms with E-state index >= 15 is 0 Å². The second kappa shape index (κ2) is 4.96. The van der Waals surface area contributed by atoms with Gasteiger partial charge in [0.15, 0.2) is 0 Å². The van der Waals surface area contributed by atoms with Crippen LogP contribution in [0.1, 0.15) is 36.0 Å². The number of aromatic amines is 1. The van der Waals surface area contributed by atoms with Gasteiger partial charge in [0.25, 0.3) is 5.91 Å². The number of aromatic nitrogens is 1. The topological polar surface area (TPSA) is 62.0 Å². The van der Waals surface area contributed by atoms with Crippen molar-refractivity contribution < 1.29 is 4.79 Å². The zero-order chi connectivity index (χ0) is 11.4. The minimum Gasteiger partial charge on any atom is -0.352 e. The van der Waals surface area contributed by atoms with Gasteiger partial charge in [0.1, 0.15) is 0 Å². The quantitative estimate of drug-likeness (QED) is 0.806. The summed E-state index contributed by atoms with van der Waals surface area (Å²) in [5.41, 5.74) is 0.190. The van der Waals surface area contributed by atoms with Crippen LogP contribution in [0.4, 0.5) is 0 Å². The standard InChI is InChI=1S/C12H16N2O2/c15-11-7-10(5-6-13-11)12(16)14-8-9-3-1-2-4-9/h5-7,9H,1-4,8H2,(H,13,15)(H,14,16). The summed E-state index contributed by atoms with van der Waals surface area (Å²) >= 11 is 0. The van der Waals surface area contributed by atoms with E-state index in [1.54, 1.807) is 6.07 Å². The van der Waals surface area contributed by atoms with Crippen molar-refractivity contribution in [3.8, 4) is 0 Å². The van der Waals surface area contributed by atoms with Crippen LogP contribution in [0.5, 0.6) is 0 Å². The number of rotatable bonds is 3. The summed E-state index contributed by atoms with van der Waals surface area (Å²) in [6.07, 6.45) is 6.44. The molecule has 4 heteroatoms. The van der Waals surface area contributed by atoms with Crippen molar-refractivity contribution >= 4 is 5.91 Å². The third-order valence-electron chi connectivity index (χ3n) is 3.06. The smallest absolute Gasteiger partial charge is 0.251 e. The van der Waals surface area contributed by atoms with Gasteiger partial charge in [-0.15, -0.1) is 0 Å². The number of hydrogen-bond donors (Lipinski definition) is 2. The largest absolute Gasteiger partial charge is 0.352 e. The second-order valence-corrected chi connectivity index (χ2v) is 4.30. The van der Waals surface area contributed by atoms with Gasteiger partial charge in [0.2, 0.25) is 5.56 Å². The Morgan fingerprint density at radius 3 is 2.88 bits per heavy atom. The van der Waals surface area contributed by atoms with Crippen LogP contribution in [0.15, 0.2) is 23.1 Å². The molecule has 1 fully saturated rings. The van der Waals surface area contributed by atoms with Gasteiger partial charge in [-0.2, -0.15) is 0 Å². The lowest BCUT2D eigenvalue weighted by atomic mass is 10.1. The lowest BCUT2D eigenvalue weighted by Crippen LogP contribution is -2.29. The molecule has 1 aliphatic rings. The highest BCUT2D eigenvalue weighted by Crippen LogP contribution is 2.23. The first kappa shape index (κ1) is 10.9. The zero-order valence-corrected chi connectivity index (χ0v) is 9.16. The molecule has 2 N–H and O–H groups in total. The number of amides is 1. The highest BCUT2D eigenvalue weighted by Gasteiger charge is 2.16. The van der Waals surface area contributed by atoms with E-state index in [2.05, 4.69) is 10.3 Å². The van der Waals surface area contributed by atoms with Crippen LogP contribution < -0.4 is 10.9 Å². The van der Waals surface area contributed by atoms with Crippen molar-refractivity contribution in [3.05, 3.63) is 34.2 Å². The first-order valence-corrected chi connectivity index (χ1v) is 5.72. The Bertz CT molecular complexity index is 419. The van der Waals surface area contributed by atoms with E-state index in [0.29, 0.717) is 11.5 Å². The van der Waals surface area contributed by atoms with Crippen molar-refractivity contribution in [1.29, 1.82) is 0 Å². The predicted octanol–water partition coefficient (Wildman–Crippen LogP) is 1.29. The summed E-state index contributed by atoms with van der Waals surface area (Å²) in [7, 11) is 0. The third-order valence-corrected chi connectivity index (χ3v) is 3.06. The highest BCUT2D eigenvalue weighted by molar-refractivity contribution is 5.93. The van der Waals surface area contributed by atoms with Crippen LogP contribution in [0.2, 0.25) is 0 Å². The fourth-order valence-electron chi connectivity index (χ4n) is 2.14. The lowest BCUT2D eigenvalue weighted by Gasteiger charge is -2.10. The summed E-state index contributed by atoms with van der Waals surface area (Å²) in [5.74, 6) is 0.462. The molecule has 16 heavy (non-hydrogen) atoms. The molecule has 0 saturated heterocycles. The predicted molar refractivity (Wildman–Crippen MR) is 61.4 cm³/mol. The fourth-order valence-corrected chi connectivity index (χ4v) is 2.14. The van der Waals surface area contributed by atoms with Gasteiger partial charge in [-0.1, -0.05) is 12.8 Å². The summed E-state index contributed by atoms with van der Waals surface area (Å²) in [6, 6.07) is 2.94. The SMILES string of the molecule is O=C(NCC1CCCC1)c1cc[nH]c(=O)c1. The molecule has 4 nitrogen and oxygen atoms in total. The average Bonchev–Trinajstić information content (AvgIpc) is 2.78. The molecule has 0 radical (unpaired) electrons. The summed E-state index contributed by atoms with van der Waals surface area (Å²) in [4.78, 5) is 25.2. The molecular formula is C12H16N2O2. The molecule has 0 bridgehead atoms. The van der Waals surface area contributed by atoms with Crippen LogP contribution in [-0.4, -0.2) is 17.4 Å². The maximum Gasteiger partial charge on any atom is 0.251 e. The Morgan fingerprint density at radius 1 is 1.44 bits per heavy atom. The van der Waals surface area contributed by atoms with E-state index in [-0.39, 0.29) is 11.5 Å². The van der Waals surface area contributed by atoms with Gasteiger partial charge < -0.3 is 10.3 Å². The van der Waals surface area contributed by atoms with Gasteiger partial charge in [0.05, 0.1) is 0 Å². The molecule has 0 aromatic carbocycles. The first-order valence-electron chi connectivity index (χ1n) is 5.72. The molecule has 1 amide bonds. The van der Waals surface area contributed by atoms with E-state index in [1.807, 2.05) is 0 Å². The Morgan fingerprint density at radius 2 is 2.19 bits per heavy atom. The lowest BCUT2D eigenvalue weighted by molar-refractivity contribution is 0.0947. The fraction of sp³-hybridized carbons (Fsp3) is 0.500. The molecule has 86 valence electrons. The van der Waals surface area contributed by atoms with Crippen LogP contribution in [0.25, 0.3) is 0 Å². The second-order valence-electron chi connectivity index (χ2n) is 4.30. The molecule has 1 aromatic heterocycles. The monoisotopic (exact) mass is 220 g/mol. The van der Waals surface area contributed by atoms with Gasteiger partial charge in [0, 0.05) is 24.4 Å². The van der Waals surface area contributed by atoms with Crippen molar-refractivity contribution in [2.45, 2.75) is 25.7 Å². The Labute approximate surface area is 94.1 Å². The molecule has 0 aliphatic heterocycles. The van der Waals surface area contributed by atoms with E-state index in [0.717, 1.165) is 6.54 Å². The van der Waals surface area contributed by atoms with Crippen LogP contribution in [0.3, 0.4) is 0 Å². The van der Waals surface area contributed by atoms with E-state index in [1.165, 1.54) is 37.9 Å². The zero-order valence-electron chi connectivity index (χ0n) is 9.16. The van der Waals surface area contributed by atoms with Crippen molar-refractivity contribution in [2.75, 3.05) is 6.54 Å². The number of pyridine rings is 1. The van der Waals surface area contributed by atoms with E-state index in [9.17, 15) is 9.59 Å². The van der Waals surface area contributed by atoms with Crippen molar-refractivity contribution in [1.82, 2.24) is 10.3 Å². The molecule has 0 atom stereocenters. The number of hydrogen-bond acceptors (Lipinski definition) is 2. The molecular weight excluding hydrogens is 204 g/mol. The van der Waals surface area contributed by atoms with Crippen molar-refractivity contribution in [3.63, 3.8) is 0 Å². The Kier molecular flexibility index (Phi) is 3.39. The van der Waals surface area contributed by atoms with Crippen LogP contribution >= 0.6 is 0 Å². The maximum atomic E-state index is 11.7. The van der Waals surface area contributed by atoms with Gasteiger partial charge in [-0.05, 0) is 24.8 Å². The van der Waals surface area contributed by atoms with E-state index < -0.39 is 0 Å². The molecule has 2 rings (SSSR count). The first-order chi connectivity index (χ1) is 7.75. The van der Waals surface area contributed by atoms with Crippen LogP contribution in [0, 0.1) is 5.92 Å². The molecule has 1 heterocycles. The minimum atomic E-state index is -0.242. The molecule has 1 aromatic rings. The molecule has 1 aliphatic carbocycles. The maximum absolute atomic E-state index is 11.7. The summed E-state index contributed by atoms with van der Waals surface area (Å²) in [6.45, 7) is 0.728. The normalized spacial score (nSPS) is 16.2. The number of H-pyrrole nitrogens is 1. The van der Waals surface area contributed by atoms with Crippen molar-refractivity contribution in [2.24, 2.45) is 5.92 Å². The number of carbonyl (C=O) groups excluding carboxylic acids is 1. The number of nitrogens with one attached hydrogen (secondary N) is 2. The Hall–Kier alpha value is -1.58. The van der Waals surface area contributed by atoms with E-state index in [4.69, 9.17) is 0 Å². The Balaban J connectivity index is 1.90. The van der Waals surface area contributed by atoms with Gasteiger partial charge in [-0.3, -0.25) is 9.59 Å². The average molecular weight is 220 g/mol. The van der Waals surface area contributed by atoms with Gasteiger partial charge >= 0.3 is 0 Å². The van der Waals surface area contributed by atoms with Gasteiger partial charge in [-0.25, -0.2) is 0 Å². The third kappa shape index (κ3) is 2.72. The highest BCUT2D eigenvalue weighted by atomic mass is 16.2. The summed E-state index contributed by atoms with van der Waals surface area (Å²) < 4.78 is 0. The number of carbonyl (C=O) groups is 1.